The first-order valence-electron chi connectivity index (χ1n) is 8.06. The second-order valence-corrected chi connectivity index (χ2v) is 5.79. The molecule has 0 atom stereocenters. The molecule has 1 aliphatic rings. The standard InChI is InChI=1S/C20H16N2O3/c23-19(21-18-7-3-5-14-4-1-2-6-17(14)18)15-8-10-16(11-9-15)22-12-13-25-20(22)24/h1-11H,12-13H2,(H,21,23). The van der Waals surface area contributed by atoms with Crippen LogP contribution in [-0.2, 0) is 4.74 Å². The van der Waals surface area contributed by atoms with E-state index in [9.17, 15) is 9.59 Å². The van der Waals surface area contributed by atoms with Crippen molar-refractivity contribution in [2.75, 3.05) is 23.4 Å². The van der Waals surface area contributed by atoms with Gasteiger partial charge in [0.1, 0.15) is 6.61 Å². The molecule has 5 nitrogen and oxygen atoms in total. The van der Waals surface area contributed by atoms with Crippen molar-refractivity contribution in [2.24, 2.45) is 0 Å². The molecule has 1 aliphatic heterocycles. The van der Waals surface area contributed by atoms with Gasteiger partial charge in [0, 0.05) is 22.3 Å². The predicted molar refractivity (Wildman–Crippen MR) is 97.0 cm³/mol. The molecule has 0 bridgehead atoms. The normalized spacial score (nSPS) is 13.8. The molecule has 1 heterocycles. The third kappa shape index (κ3) is 2.92. The van der Waals surface area contributed by atoms with Crippen LogP contribution < -0.4 is 10.2 Å². The van der Waals surface area contributed by atoms with Gasteiger partial charge in [-0.15, -0.1) is 0 Å². The molecule has 0 spiro atoms. The molecule has 1 fully saturated rings. The first-order valence-corrected chi connectivity index (χ1v) is 8.06. The van der Waals surface area contributed by atoms with Crippen LogP contribution in [0.2, 0.25) is 0 Å². The first-order chi connectivity index (χ1) is 12.2. The second-order valence-electron chi connectivity index (χ2n) is 5.79. The van der Waals surface area contributed by atoms with Crippen LogP contribution >= 0.6 is 0 Å². The molecule has 0 aromatic heterocycles. The third-order valence-electron chi connectivity index (χ3n) is 4.24. The van der Waals surface area contributed by atoms with Gasteiger partial charge in [0.05, 0.1) is 6.54 Å². The number of nitrogens with one attached hydrogen (secondary N) is 1. The van der Waals surface area contributed by atoms with Crippen LogP contribution in [0.5, 0.6) is 0 Å². The number of rotatable bonds is 3. The summed E-state index contributed by atoms with van der Waals surface area (Å²) in [5.41, 5.74) is 2.03. The molecule has 25 heavy (non-hydrogen) atoms. The van der Waals surface area contributed by atoms with Gasteiger partial charge < -0.3 is 10.1 Å². The van der Waals surface area contributed by atoms with E-state index >= 15 is 0 Å². The first kappa shape index (κ1) is 15.2. The van der Waals surface area contributed by atoms with Crippen molar-refractivity contribution in [1.82, 2.24) is 0 Å². The van der Waals surface area contributed by atoms with E-state index in [0.29, 0.717) is 18.7 Å². The summed E-state index contributed by atoms with van der Waals surface area (Å²) in [5.74, 6) is -0.188. The maximum atomic E-state index is 12.5. The summed E-state index contributed by atoms with van der Waals surface area (Å²) in [4.78, 5) is 25.7. The lowest BCUT2D eigenvalue weighted by Gasteiger charge is -2.13. The number of cyclic esters (lactones) is 1. The van der Waals surface area contributed by atoms with Gasteiger partial charge in [-0.3, -0.25) is 9.69 Å². The molecule has 0 aliphatic carbocycles. The largest absolute Gasteiger partial charge is 0.447 e. The van der Waals surface area contributed by atoms with Crippen molar-refractivity contribution in [3.63, 3.8) is 0 Å². The van der Waals surface area contributed by atoms with E-state index in [0.717, 1.165) is 22.1 Å². The molecule has 0 saturated carbocycles. The second kappa shape index (κ2) is 6.28. The average molecular weight is 332 g/mol. The van der Waals surface area contributed by atoms with E-state index in [1.807, 2.05) is 42.5 Å². The molecule has 5 heteroatoms. The Bertz CT molecular complexity index is 945. The Balaban J connectivity index is 1.55. The summed E-state index contributed by atoms with van der Waals surface area (Å²) in [5, 5.41) is 5.02. The maximum Gasteiger partial charge on any atom is 0.414 e. The topological polar surface area (TPSA) is 58.6 Å². The molecular formula is C20H16N2O3. The summed E-state index contributed by atoms with van der Waals surface area (Å²) in [6.07, 6.45) is -0.354. The maximum absolute atomic E-state index is 12.5. The van der Waals surface area contributed by atoms with Crippen LogP contribution in [0, 0.1) is 0 Å². The van der Waals surface area contributed by atoms with Gasteiger partial charge in [0.25, 0.3) is 5.91 Å². The number of nitrogens with zero attached hydrogens (tertiary/aromatic N) is 1. The predicted octanol–water partition coefficient (Wildman–Crippen LogP) is 4.05. The van der Waals surface area contributed by atoms with Gasteiger partial charge in [-0.2, -0.15) is 0 Å². The van der Waals surface area contributed by atoms with E-state index in [4.69, 9.17) is 4.74 Å². The van der Waals surface area contributed by atoms with Gasteiger partial charge >= 0.3 is 6.09 Å². The van der Waals surface area contributed by atoms with Gasteiger partial charge in [-0.1, -0.05) is 36.4 Å². The van der Waals surface area contributed by atoms with Crippen molar-refractivity contribution < 1.29 is 14.3 Å². The highest BCUT2D eigenvalue weighted by atomic mass is 16.6. The van der Waals surface area contributed by atoms with Crippen LogP contribution in [0.25, 0.3) is 10.8 Å². The fraction of sp³-hybridized carbons (Fsp3) is 0.100. The van der Waals surface area contributed by atoms with Crippen molar-refractivity contribution in [2.45, 2.75) is 0 Å². The molecule has 2 amide bonds. The summed E-state index contributed by atoms with van der Waals surface area (Å²) in [6.45, 7) is 0.919. The number of carbonyl (C=O) groups excluding carboxylic acids is 2. The lowest BCUT2D eigenvalue weighted by molar-refractivity contribution is 0.102. The van der Waals surface area contributed by atoms with E-state index in [2.05, 4.69) is 5.32 Å². The van der Waals surface area contributed by atoms with Crippen molar-refractivity contribution in [3.05, 3.63) is 72.3 Å². The van der Waals surface area contributed by atoms with Crippen LogP contribution in [0.15, 0.2) is 66.7 Å². The zero-order chi connectivity index (χ0) is 17.2. The van der Waals surface area contributed by atoms with E-state index in [1.54, 1.807) is 29.2 Å². The number of fused-ring (bicyclic) bond motifs is 1. The Hall–Kier alpha value is -3.34. The molecule has 1 N–H and O–H groups in total. The minimum absolute atomic E-state index is 0.188. The van der Waals surface area contributed by atoms with Crippen molar-refractivity contribution in [3.8, 4) is 0 Å². The molecule has 3 aromatic carbocycles. The molecule has 124 valence electrons. The Morgan fingerprint density at radius 3 is 2.48 bits per heavy atom. The summed E-state index contributed by atoms with van der Waals surface area (Å²) >= 11 is 0. The highest BCUT2D eigenvalue weighted by Gasteiger charge is 2.23. The number of carbonyl (C=O) groups is 2. The Labute approximate surface area is 144 Å². The lowest BCUT2D eigenvalue weighted by Crippen LogP contribution is -2.23. The zero-order valence-electron chi connectivity index (χ0n) is 13.4. The highest BCUT2D eigenvalue weighted by Crippen LogP contribution is 2.24. The van der Waals surface area contributed by atoms with Gasteiger partial charge in [-0.25, -0.2) is 4.79 Å². The molecule has 0 radical (unpaired) electrons. The zero-order valence-corrected chi connectivity index (χ0v) is 13.4. The number of hydrogen-bond donors (Lipinski definition) is 1. The molecule has 4 rings (SSSR count). The van der Waals surface area contributed by atoms with Crippen LogP contribution in [0.4, 0.5) is 16.2 Å². The fourth-order valence-electron chi connectivity index (χ4n) is 2.95. The lowest BCUT2D eigenvalue weighted by atomic mass is 10.1. The Kier molecular flexibility index (Phi) is 3.82. The van der Waals surface area contributed by atoms with E-state index in [1.165, 1.54) is 0 Å². The number of benzene rings is 3. The number of amides is 2. The van der Waals surface area contributed by atoms with Gasteiger partial charge in [-0.05, 0) is 35.7 Å². The van der Waals surface area contributed by atoms with Crippen LogP contribution in [-0.4, -0.2) is 25.2 Å². The minimum Gasteiger partial charge on any atom is -0.447 e. The molecule has 3 aromatic rings. The Morgan fingerprint density at radius 1 is 0.960 bits per heavy atom. The van der Waals surface area contributed by atoms with Crippen LogP contribution in [0.3, 0.4) is 0 Å². The fourth-order valence-corrected chi connectivity index (χ4v) is 2.95. The Morgan fingerprint density at radius 2 is 1.72 bits per heavy atom. The van der Waals surface area contributed by atoms with Crippen molar-refractivity contribution >= 4 is 34.1 Å². The average Bonchev–Trinajstić information content (AvgIpc) is 3.08. The smallest absolute Gasteiger partial charge is 0.414 e. The monoisotopic (exact) mass is 332 g/mol. The quantitative estimate of drug-likeness (QED) is 0.787. The van der Waals surface area contributed by atoms with Crippen LogP contribution in [0.1, 0.15) is 10.4 Å². The number of ether oxygens (including phenoxy) is 1. The van der Waals surface area contributed by atoms with Crippen molar-refractivity contribution in [1.29, 1.82) is 0 Å². The van der Waals surface area contributed by atoms with E-state index < -0.39 is 0 Å². The highest BCUT2D eigenvalue weighted by molar-refractivity contribution is 6.09. The summed E-state index contributed by atoms with van der Waals surface area (Å²) in [6, 6.07) is 20.6. The summed E-state index contributed by atoms with van der Waals surface area (Å²) < 4.78 is 4.93. The third-order valence-corrected chi connectivity index (χ3v) is 4.24. The molecule has 0 unspecified atom stereocenters. The number of anilines is 2. The molecule has 1 saturated heterocycles. The SMILES string of the molecule is O=C(Nc1cccc2ccccc12)c1ccc(N2CCOC2=O)cc1. The summed E-state index contributed by atoms with van der Waals surface area (Å²) in [7, 11) is 0. The van der Waals surface area contributed by atoms with Gasteiger partial charge in [0.15, 0.2) is 0 Å². The van der Waals surface area contributed by atoms with E-state index in [-0.39, 0.29) is 12.0 Å². The molecular weight excluding hydrogens is 316 g/mol. The van der Waals surface area contributed by atoms with Gasteiger partial charge in [0.2, 0.25) is 0 Å². The minimum atomic E-state index is -0.354. The number of hydrogen-bond acceptors (Lipinski definition) is 3.